The van der Waals surface area contributed by atoms with Gasteiger partial charge in [0.1, 0.15) is 34.4 Å². The highest BCUT2D eigenvalue weighted by Gasteiger charge is 2.41. The fraction of sp³-hybridized carbons (Fsp3) is 0.217. The Hall–Kier alpha value is -5.47. The molecule has 0 aromatic heterocycles. The molecule has 6 aromatic rings. The molecule has 6 aromatic carbocycles. The fourth-order valence-corrected chi connectivity index (χ4v) is 7.08. The molecule has 2 N–H and O–H groups in total. The van der Waals surface area contributed by atoms with Gasteiger partial charge in [0, 0.05) is 18.0 Å². The lowest BCUT2D eigenvalue weighted by atomic mass is 9.85. The molecule has 0 amide bonds. The van der Waals surface area contributed by atoms with Gasteiger partial charge < -0.3 is 29.4 Å². The van der Waals surface area contributed by atoms with E-state index >= 15 is 0 Å². The van der Waals surface area contributed by atoms with Crippen LogP contribution in [0.25, 0.3) is 0 Å². The number of hydrogen-bond donors (Lipinski definition) is 1. The third-order valence-corrected chi connectivity index (χ3v) is 9.98. The minimum atomic E-state index is -1.14. The van der Waals surface area contributed by atoms with Crippen LogP contribution < -0.4 is 29.4 Å². The summed E-state index contributed by atoms with van der Waals surface area (Å²) < 4.78 is 28.8. The van der Waals surface area contributed by atoms with E-state index in [-0.39, 0.29) is 6.04 Å². The van der Waals surface area contributed by atoms with E-state index < -0.39 is 5.66 Å². The van der Waals surface area contributed by atoms with Crippen LogP contribution in [-0.4, -0.2) is 46.5 Å². The predicted octanol–water partition coefficient (Wildman–Crippen LogP) is 9.69. The molecule has 0 aliphatic rings. The molecule has 0 heterocycles. The molecule has 7 nitrogen and oxygen atoms in total. The summed E-state index contributed by atoms with van der Waals surface area (Å²) in [6.07, 6.45) is 1.36. The summed E-state index contributed by atoms with van der Waals surface area (Å²) in [5.41, 5.74) is 12.9. The molecule has 6 rings (SSSR count). The lowest BCUT2D eigenvalue weighted by Gasteiger charge is -2.47. The Labute approximate surface area is 323 Å². The van der Waals surface area contributed by atoms with Crippen molar-refractivity contribution in [3.63, 3.8) is 0 Å². The minimum absolute atomic E-state index is 0.305. The van der Waals surface area contributed by atoms with Crippen LogP contribution in [0.4, 0.5) is 0 Å². The average molecular weight is 743 g/mol. The Balaban J connectivity index is 1.44. The van der Waals surface area contributed by atoms with Crippen molar-refractivity contribution in [1.82, 2.24) is 4.90 Å². The molecule has 0 saturated carbocycles. The molecule has 0 radical (unpaired) electrons. The largest absolute Gasteiger partial charge is 0.497 e. The second-order valence-electron chi connectivity index (χ2n) is 13.0. The summed E-state index contributed by atoms with van der Waals surface area (Å²) in [6.45, 7) is 0.998. The first-order chi connectivity index (χ1) is 26.4. The second kappa shape index (κ2) is 18.0. The summed E-state index contributed by atoms with van der Waals surface area (Å²) in [6, 6.07) is 48.1. The third-order valence-electron chi connectivity index (χ3n) is 9.75. The van der Waals surface area contributed by atoms with Crippen LogP contribution in [0.1, 0.15) is 45.8 Å². The van der Waals surface area contributed by atoms with Crippen molar-refractivity contribution >= 4 is 11.6 Å². The maximum absolute atomic E-state index is 7.92. The van der Waals surface area contributed by atoms with Crippen molar-refractivity contribution in [1.29, 1.82) is 0 Å². The smallest absolute Gasteiger partial charge is 0.122 e. The molecule has 0 unspecified atom stereocenters. The van der Waals surface area contributed by atoms with Gasteiger partial charge in [0.25, 0.3) is 0 Å². The van der Waals surface area contributed by atoms with E-state index in [0.29, 0.717) is 31.0 Å². The number of nitrogens with two attached hydrogens (primary N) is 1. The summed E-state index contributed by atoms with van der Waals surface area (Å²) >= 11 is 6.47. The van der Waals surface area contributed by atoms with Gasteiger partial charge in [0.15, 0.2) is 0 Å². The van der Waals surface area contributed by atoms with Gasteiger partial charge >= 0.3 is 0 Å². The zero-order chi connectivity index (χ0) is 37.9. The van der Waals surface area contributed by atoms with Crippen molar-refractivity contribution in [2.75, 3.05) is 41.6 Å². The Bertz CT molecular complexity index is 1960. The highest BCUT2D eigenvalue weighted by Crippen LogP contribution is 2.42. The van der Waals surface area contributed by atoms with Gasteiger partial charge in [-0.25, -0.2) is 0 Å². The number of ether oxygens (including phenoxy) is 5. The first-order valence-electron chi connectivity index (χ1n) is 17.9. The molecular weight excluding hydrogens is 696 g/mol. The monoisotopic (exact) mass is 742 g/mol. The van der Waals surface area contributed by atoms with Crippen LogP contribution in [0, 0.1) is 0 Å². The zero-order valence-corrected chi connectivity index (χ0v) is 32.0. The Morgan fingerprint density at radius 2 is 1.06 bits per heavy atom. The highest BCUT2D eigenvalue weighted by molar-refractivity contribution is 6.30. The standard InChI is InChI=1S/C46H47ClN2O5/c1-50-40-20-11-34(12-21-40)45(35-13-22-41(51-2)23-14-35)49(29-8-30-54-44-28-19-39(47)32-36(44)31-33-9-6-5-7-10-33)46(48,37-15-24-42(52-3)25-16-37)38-17-26-43(53-4)27-18-38/h5-7,9-28,32,45H,8,29-31,48H2,1-4H3. The Morgan fingerprint density at radius 1 is 0.593 bits per heavy atom. The van der Waals surface area contributed by atoms with Crippen LogP contribution in [0.2, 0.25) is 5.02 Å². The topological polar surface area (TPSA) is 75.4 Å². The quantitative estimate of drug-likeness (QED) is 0.0737. The van der Waals surface area contributed by atoms with Crippen molar-refractivity contribution < 1.29 is 23.7 Å². The van der Waals surface area contributed by atoms with Crippen molar-refractivity contribution in [2.45, 2.75) is 24.5 Å². The molecule has 0 saturated heterocycles. The number of hydrogen-bond acceptors (Lipinski definition) is 7. The van der Waals surface area contributed by atoms with Crippen LogP contribution in [0.5, 0.6) is 28.7 Å². The first-order valence-corrected chi connectivity index (χ1v) is 18.3. The van der Waals surface area contributed by atoms with E-state index in [0.717, 1.165) is 56.6 Å². The van der Waals surface area contributed by atoms with Gasteiger partial charge in [-0.1, -0.05) is 90.5 Å². The lowest BCUT2D eigenvalue weighted by Crippen LogP contribution is -2.56. The van der Waals surface area contributed by atoms with Crippen LogP contribution in [0.3, 0.4) is 0 Å². The molecule has 278 valence electrons. The molecule has 54 heavy (non-hydrogen) atoms. The van der Waals surface area contributed by atoms with E-state index in [9.17, 15) is 0 Å². The first kappa shape index (κ1) is 38.3. The van der Waals surface area contributed by atoms with E-state index in [1.807, 2.05) is 109 Å². The molecule has 0 spiro atoms. The number of halogens is 1. The Morgan fingerprint density at radius 3 is 1.52 bits per heavy atom. The SMILES string of the molecule is COc1ccc(C(c2ccc(OC)cc2)N(CCCOc2ccc(Cl)cc2Cc2ccccc2)C(N)(c2ccc(OC)cc2)c2ccc(OC)cc2)cc1. The van der Waals surface area contributed by atoms with Gasteiger partial charge in [-0.15, -0.1) is 0 Å². The number of benzene rings is 6. The number of rotatable bonds is 17. The van der Waals surface area contributed by atoms with Crippen LogP contribution in [0.15, 0.2) is 146 Å². The summed E-state index contributed by atoms with van der Waals surface area (Å²) in [7, 11) is 6.67. The van der Waals surface area contributed by atoms with Crippen molar-refractivity contribution in [2.24, 2.45) is 5.73 Å². The van der Waals surface area contributed by atoms with Crippen LogP contribution in [-0.2, 0) is 12.1 Å². The van der Waals surface area contributed by atoms with E-state index in [1.54, 1.807) is 28.4 Å². The summed E-state index contributed by atoms with van der Waals surface area (Å²) in [4.78, 5) is 2.36. The van der Waals surface area contributed by atoms with E-state index in [2.05, 4.69) is 41.3 Å². The zero-order valence-electron chi connectivity index (χ0n) is 31.2. The predicted molar refractivity (Wildman–Crippen MR) is 216 cm³/mol. The van der Waals surface area contributed by atoms with E-state index in [1.165, 1.54) is 5.56 Å². The Kier molecular flexibility index (Phi) is 12.8. The van der Waals surface area contributed by atoms with E-state index in [4.69, 9.17) is 41.0 Å². The number of nitrogens with zero attached hydrogens (tertiary/aromatic N) is 1. The van der Waals surface area contributed by atoms with Gasteiger partial charge in [-0.3, -0.25) is 4.90 Å². The fourth-order valence-electron chi connectivity index (χ4n) is 6.88. The van der Waals surface area contributed by atoms with Gasteiger partial charge in [0.05, 0.1) is 41.1 Å². The van der Waals surface area contributed by atoms with Crippen LogP contribution >= 0.6 is 11.6 Å². The van der Waals surface area contributed by atoms with Gasteiger partial charge in [-0.2, -0.15) is 0 Å². The van der Waals surface area contributed by atoms with Crippen molar-refractivity contribution in [3.8, 4) is 28.7 Å². The summed E-state index contributed by atoms with van der Waals surface area (Å²) in [5, 5.41) is 0.674. The molecule has 0 bridgehead atoms. The maximum Gasteiger partial charge on any atom is 0.122 e. The van der Waals surface area contributed by atoms with Gasteiger partial charge in [-0.05, 0) is 107 Å². The molecule has 8 heteroatoms. The second-order valence-corrected chi connectivity index (χ2v) is 13.4. The van der Waals surface area contributed by atoms with Crippen molar-refractivity contribution in [3.05, 3.63) is 184 Å². The summed E-state index contributed by atoms with van der Waals surface area (Å²) in [5.74, 6) is 3.83. The molecule has 0 aliphatic carbocycles. The minimum Gasteiger partial charge on any atom is -0.497 e. The third kappa shape index (κ3) is 8.83. The highest BCUT2D eigenvalue weighted by atomic mass is 35.5. The van der Waals surface area contributed by atoms with Gasteiger partial charge in [0.2, 0.25) is 0 Å². The average Bonchev–Trinajstić information content (AvgIpc) is 3.23. The molecule has 0 fully saturated rings. The molecule has 0 aliphatic heterocycles. The molecule has 0 atom stereocenters. The number of methoxy groups -OCH3 is 4. The maximum atomic E-state index is 7.92. The lowest BCUT2D eigenvalue weighted by molar-refractivity contribution is 0.0831. The molecular formula is C46H47ClN2O5. The normalized spacial score (nSPS) is 11.4.